The quantitative estimate of drug-likeness (QED) is 0.625. The smallest absolute Gasteiger partial charge is 0.210 e. The Morgan fingerprint density at radius 2 is 2.11 bits per heavy atom. The highest BCUT2D eigenvalue weighted by molar-refractivity contribution is 5.83. The van der Waals surface area contributed by atoms with Crippen molar-refractivity contribution in [1.29, 1.82) is 0 Å². The predicted octanol–water partition coefficient (Wildman–Crippen LogP) is 4.26. The average molecular weight is 378 g/mol. The van der Waals surface area contributed by atoms with E-state index in [-0.39, 0.29) is 6.04 Å². The number of aromatic amines is 1. The van der Waals surface area contributed by atoms with Crippen LogP contribution in [0.1, 0.15) is 36.1 Å². The third-order valence-electron chi connectivity index (χ3n) is 5.62. The van der Waals surface area contributed by atoms with Crippen molar-refractivity contribution in [3.8, 4) is 11.5 Å². The van der Waals surface area contributed by atoms with Gasteiger partial charge in [-0.3, -0.25) is 4.79 Å². The summed E-state index contributed by atoms with van der Waals surface area (Å²) in [6, 6.07) is 12.5. The highest BCUT2D eigenvalue weighted by Crippen LogP contribution is 2.39. The van der Waals surface area contributed by atoms with Gasteiger partial charge >= 0.3 is 0 Å². The normalized spacial score (nSPS) is 16.1. The zero-order valence-corrected chi connectivity index (χ0v) is 16.4. The van der Waals surface area contributed by atoms with E-state index < -0.39 is 0 Å². The van der Waals surface area contributed by atoms with E-state index in [0.717, 1.165) is 49.2 Å². The van der Waals surface area contributed by atoms with Crippen molar-refractivity contribution in [2.45, 2.75) is 32.2 Å². The second kappa shape index (κ2) is 7.97. The molecule has 5 nitrogen and oxygen atoms in total. The molecule has 28 heavy (non-hydrogen) atoms. The van der Waals surface area contributed by atoms with Crippen LogP contribution in [-0.2, 0) is 17.6 Å². The van der Waals surface area contributed by atoms with Gasteiger partial charge in [0, 0.05) is 23.6 Å². The highest BCUT2D eigenvalue weighted by atomic mass is 16.5. The molecule has 0 fully saturated rings. The van der Waals surface area contributed by atoms with Crippen molar-refractivity contribution in [2.24, 2.45) is 0 Å². The lowest BCUT2D eigenvalue weighted by Crippen LogP contribution is -2.34. The first kappa shape index (κ1) is 18.4. The fourth-order valence-electron chi connectivity index (χ4n) is 4.23. The molecular weight excluding hydrogens is 352 g/mol. The van der Waals surface area contributed by atoms with E-state index in [1.807, 2.05) is 17.9 Å². The van der Waals surface area contributed by atoms with Gasteiger partial charge in [0.15, 0.2) is 11.5 Å². The summed E-state index contributed by atoms with van der Waals surface area (Å²) in [6.45, 7) is 3.27. The molecule has 1 aliphatic heterocycles. The number of carbonyl (C=O) groups excluding carboxylic acids is 1. The summed E-state index contributed by atoms with van der Waals surface area (Å²) in [4.78, 5) is 17.0. The molecule has 0 aliphatic carbocycles. The van der Waals surface area contributed by atoms with Gasteiger partial charge in [-0.05, 0) is 61.1 Å². The van der Waals surface area contributed by atoms with Gasteiger partial charge in [0.2, 0.25) is 6.41 Å². The first-order valence-electron chi connectivity index (χ1n) is 9.84. The number of amides is 1. The van der Waals surface area contributed by atoms with Crippen LogP contribution < -0.4 is 9.47 Å². The number of rotatable bonds is 7. The molecule has 1 unspecified atom stereocenters. The maximum atomic E-state index is 11.8. The summed E-state index contributed by atoms with van der Waals surface area (Å²) in [5.74, 6) is 1.50. The number of para-hydroxylation sites is 1. The molecule has 0 saturated heterocycles. The first-order valence-corrected chi connectivity index (χ1v) is 9.84. The molecule has 1 aromatic heterocycles. The predicted molar refractivity (Wildman–Crippen MR) is 110 cm³/mol. The Kier molecular flexibility index (Phi) is 5.24. The zero-order valence-electron chi connectivity index (χ0n) is 16.4. The van der Waals surface area contributed by atoms with E-state index in [2.05, 4.69) is 41.5 Å². The van der Waals surface area contributed by atoms with Gasteiger partial charge in [0.25, 0.3) is 0 Å². The molecule has 0 bridgehead atoms. The van der Waals surface area contributed by atoms with E-state index in [0.29, 0.717) is 6.61 Å². The fourth-order valence-corrected chi connectivity index (χ4v) is 4.23. The van der Waals surface area contributed by atoms with Gasteiger partial charge in [-0.15, -0.1) is 0 Å². The molecule has 3 aromatic rings. The second-order valence-corrected chi connectivity index (χ2v) is 7.14. The van der Waals surface area contributed by atoms with Crippen LogP contribution in [0.5, 0.6) is 11.5 Å². The molecular formula is C23H26N2O3. The second-order valence-electron chi connectivity index (χ2n) is 7.14. The van der Waals surface area contributed by atoms with Crippen LogP contribution >= 0.6 is 0 Å². The van der Waals surface area contributed by atoms with Crippen LogP contribution in [-0.4, -0.2) is 36.6 Å². The number of benzene rings is 2. The SMILES string of the molecule is CCOc1cc2c(cc1OC)CCN(C=O)C2CCc1c[nH]c2ccccc12. The van der Waals surface area contributed by atoms with Gasteiger partial charge in [0.1, 0.15) is 0 Å². The van der Waals surface area contributed by atoms with Crippen LogP contribution in [0, 0.1) is 0 Å². The van der Waals surface area contributed by atoms with Crippen LogP contribution in [0.4, 0.5) is 0 Å². The number of hydrogen-bond acceptors (Lipinski definition) is 3. The number of aromatic nitrogens is 1. The van der Waals surface area contributed by atoms with Crippen molar-refractivity contribution in [2.75, 3.05) is 20.3 Å². The number of hydrogen-bond donors (Lipinski definition) is 1. The van der Waals surface area contributed by atoms with E-state index in [9.17, 15) is 4.79 Å². The molecule has 2 heterocycles. The van der Waals surface area contributed by atoms with Gasteiger partial charge in [-0.25, -0.2) is 0 Å². The summed E-state index contributed by atoms with van der Waals surface area (Å²) >= 11 is 0. The van der Waals surface area contributed by atoms with Gasteiger partial charge in [0.05, 0.1) is 19.8 Å². The largest absolute Gasteiger partial charge is 0.493 e. The average Bonchev–Trinajstić information content (AvgIpc) is 3.15. The van der Waals surface area contributed by atoms with Gasteiger partial charge < -0.3 is 19.4 Å². The Morgan fingerprint density at radius 3 is 2.89 bits per heavy atom. The van der Waals surface area contributed by atoms with Crippen molar-refractivity contribution < 1.29 is 14.3 Å². The van der Waals surface area contributed by atoms with Crippen LogP contribution in [0.3, 0.4) is 0 Å². The summed E-state index contributed by atoms with van der Waals surface area (Å²) in [6.07, 6.45) is 5.66. The van der Waals surface area contributed by atoms with Crippen molar-refractivity contribution >= 4 is 17.3 Å². The maximum Gasteiger partial charge on any atom is 0.210 e. The molecule has 1 amide bonds. The lowest BCUT2D eigenvalue weighted by Gasteiger charge is -2.35. The van der Waals surface area contributed by atoms with Crippen molar-refractivity contribution in [3.05, 3.63) is 59.3 Å². The Bertz CT molecular complexity index is 979. The number of nitrogens with one attached hydrogen (secondary N) is 1. The lowest BCUT2D eigenvalue weighted by atomic mass is 9.88. The molecule has 0 saturated carbocycles. The van der Waals surface area contributed by atoms with E-state index in [1.165, 1.54) is 22.1 Å². The minimum Gasteiger partial charge on any atom is -0.493 e. The third-order valence-corrected chi connectivity index (χ3v) is 5.62. The molecule has 5 heteroatoms. The van der Waals surface area contributed by atoms with Crippen molar-refractivity contribution in [3.63, 3.8) is 0 Å². The summed E-state index contributed by atoms with van der Waals surface area (Å²) in [5, 5.41) is 1.25. The van der Waals surface area contributed by atoms with Crippen LogP contribution in [0.15, 0.2) is 42.6 Å². The summed E-state index contributed by atoms with van der Waals surface area (Å²) < 4.78 is 11.3. The number of aryl methyl sites for hydroxylation is 1. The topological polar surface area (TPSA) is 54.6 Å². The molecule has 146 valence electrons. The fraction of sp³-hybridized carbons (Fsp3) is 0.348. The molecule has 1 aliphatic rings. The third kappa shape index (κ3) is 3.33. The number of methoxy groups -OCH3 is 1. The highest BCUT2D eigenvalue weighted by Gasteiger charge is 2.28. The summed E-state index contributed by atoms with van der Waals surface area (Å²) in [5.41, 5.74) is 4.84. The Balaban J connectivity index is 1.65. The van der Waals surface area contributed by atoms with Crippen LogP contribution in [0.25, 0.3) is 10.9 Å². The Morgan fingerprint density at radius 1 is 1.25 bits per heavy atom. The zero-order chi connectivity index (χ0) is 19.5. The minimum atomic E-state index is 0.0417. The molecule has 2 aromatic carbocycles. The molecule has 1 atom stereocenters. The van der Waals surface area contributed by atoms with Gasteiger partial charge in [-0.2, -0.15) is 0 Å². The molecule has 4 rings (SSSR count). The number of ether oxygens (including phenoxy) is 2. The monoisotopic (exact) mass is 378 g/mol. The first-order chi connectivity index (χ1) is 13.7. The minimum absolute atomic E-state index is 0.0417. The molecule has 0 radical (unpaired) electrons. The number of fused-ring (bicyclic) bond motifs is 2. The molecule has 0 spiro atoms. The number of carbonyl (C=O) groups is 1. The standard InChI is InChI=1S/C23H26N2O3/c1-3-28-23-13-19-16(12-22(23)27-2)10-11-25(15-26)21(19)9-8-17-14-24-20-7-5-4-6-18(17)20/h4-7,12-15,21,24H,3,8-11H2,1-2H3. The number of nitrogens with zero attached hydrogens (tertiary/aromatic N) is 1. The number of H-pyrrole nitrogens is 1. The summed E-state index contributed by atoms with van der Waals surface area (Å²) in [7, 11) is 1.67. The van der Waals surface area contributed by atoms with E-state index >= 15 is 0 Å². The Hall–Kier alpha value is -2.95. The Labute approximate surface area is 165 Å². The van der Waals surface area contributed by atoms with E-state index in [4.69, 9.17) is 9.47 Å². The van der Waals surface area contributed by atoms with Crippen molar-refractivity contribution in [1.82, 2.24) is 9.88 Å². The van der Waals surface area contributed by atoms with E-state index in [1.54, 1.807) is 7.11 Å². The lowest BCUT2D eigenvalue weighted by molar-refractivity contribution is -0.120. The van der Waals surface area contributed by atoms with Crippen LogP contribution in [0.2, 0.25) is 0 Å². The maximum absolute atomic E-state index is 11.8. The van der Waals surface area contributed by atoms with Gasteiger partial charge in [-0.1, -0.05) is 18.2 Å². The molecule has 1 N–H and O–H groups in total.